The van der Waals surface area contributed by atoms with Crippen LogP contribution in [-0.4, -0.2) is 68.9 Å². The van der Waals surface area contributed by atoms with E-state index >= 15 is 0 Å². The average molecular weight is 514 g/mol. The van der Waals surface area contributed by atoms with Gasteiger partial charge < -0.3 is 39.4 Å². The number of fused-ring (bicyclic) bond motifs is 1. The molecule has 5 atom stereocenters. The number of ketones is 1. The van der Waals surface area contributed by atoms with Gasteiger partial charge in [-0.3, -0.25) is 14.4 Å². The fourth-order valence-corrected chi connectivity index (χ4v) is 4.49. The Morgan fingerprint density at radius 2 is 1.57 bits per heavy atom. The highest BCUT2D eigenvalue weighted by molar-refractivity contribution is 6.16. The van der Waals surface area contributed by atoms with E-state index in [9.17, 15) is 34.8 Å². The molecule has 0 spiro atoms. The fraction of sp³-hybridized carbons (Fsp3) is 0.346. The summed E-state index contributed by atoms with van der Waals surface area (Å²) >= 11 is 0. The third-order valence-corrected chi connectivity index (χ3v) is 6.06. The van der Waals surface area contributed by atoms with Gasteiger partial charge >= 0.3 is 11.9 Å². The molecule has 0 amide bonds. The van der Waals surface area contributed by atoms with E-state index < -0.39 is 54.2 Å². The van der Waals surface area contributed by atoms with Gasteiger partial charge in [-0.2, -0.15) is 0 Å². The molecule has 2 aromatic carbocycles. The van der Waals surface area contributed by atoms with Crippen molar-refractivity contribution in [3.63, 3.8) is 0 Å². The first-order valence-corrected chi connectivity index (χ1v) is 11.4. The van der Waals surface area contributed by atoms with Crippen LogP contribution in [0.15, 0.2) is 42.2 Å². The number of benzene rings is 2. The molecule has 5 unspecified atom stereocenters. The number of aliphatic hydroxyl groups excluding tert-OH is 1. The Bertz CT molecular complexity index is 1260. The summed E-state index contributed by atoms with van der Waals surface area (Å²) in [6.45, 7) is 3.80. The summed E-state index contributed by atoms with van der Waals surface area (Å²) in [6, 6.07) is 8.29. The van der Waals surface area contributed by atoms with Crippen LogP contribution in [0.5, 0.6) is 17.2 Å². The molecule has 0 aromatic heterocycles. The van der Waals surface area contributed by atoms with Gasteiger partial charge in [-0.05, 0) is 36.2 Å². The van der Waals surface area contributed by atoms with Crippen molar-refractivity contribution in [2.24, 2.45) is 0 Å². The molecule has 1 fully saturated rings. The summed E-state index contributed by atoms with van der Waals surface area (Å²) in [5, 5.41) is 41.1. The highest BCUT2D eigenvalue weighted by Gasteiger charge is 2.49. The van der Waals surface area contributed by atoms with Crippen LogP contribution < -0.4 is 0 Å². The highest BCUT2D eigenvalue weighted by Crippen LogP contribution is 2.40. The number of carbonyl (C=O) groups excluding carboxylic acids is 3. The van der Waals surface area contributed by atoms with Crippen LogP contribution in [0.25, 0.3) is 5.57 Å². The number of hydrogen-bond acceptors (Lipinski definition) is 11. The lowest BCUT2D eigenvalue weighted by Crippen LogP contribution is -2.60. The first kappa shape index (κ1) is 26.0. The summed E-state index contributed by atoms with van der Waals surface area (Å²) in [4.78, 5) is 36.9. The molecule has 1 aliphatic heterocycles. The molecule has 1 heterocycles. The Labute approximate surface area is 211 Å². The van der Waals surface area contributed by atoms with E-state index in [4.69, 9.17) is 18.9 Å². The lowest BCUT2D eigenvalue weighted by Gasteiger charge is -2.42. The Balaban J connectivity index is 1.76. The van der Waals surface area contributed by atoms with E-state index in [1.54, 1.807) is 12.1 Å². The van der Waals surface area contributed by atoms with Crippen molar-refractivity contribution < 1.29 is 53.8 Å². The number of esters is 2. The quantitative estimate of drug-likeness (QED) is 0.430. The number of allylic oxidation sites excluding steroid dienone is 2. The Morgan fingerprint density at radius 1 is 0.946 bits per heavy atom. The van der Waals surface area contributed by atoms with Crippen LogP contribution in [-0.2, 0) is 35.0 Å². The predicted octanol–water partition coefficient (Wildman–Crippen LogP) is 1.94. The molecule has 4 rings (SSSR count). The van der Waals surface area contributed by atoms with Crippen LogP contribution in [0, 0.1) is 0 Å². The number of hydrogen-bond donors (Lipinski definition) is 4. The predicted molar refractivity (Wildman–Crippen MR) is 125 cm³/mol. The van der Waals surface area contributed by atoms with Crippen molar-refractivity contribution >= 4 is 23.3 Å². The summed E-state index contributed by atoms with van der Waals surface area (Å²) < 4.78 is 22.1. The molecule has 37 heavy (non-hydrogen) atoms. The highest BCUT2D eigenvalue weighted by atomic mass is 16.7. The maximum absolute atomic E-state index is 13.6. The van der Waals surface area contributed by atoms with Crippen LogP contribution in [0.1, 0.15) is 42.3 Å². The van der Waals surface area contributed by atoms with Gasteiger partial charge in [0.05, 0.1) is 11.7 Å². The van der Waals surface area contributed by atoms with Crippen molar-refractivity contribution in [1.29, 1.82) is 0 Å². The number of ether oxygens (including phenoxy) is 4. The van der Waals surface area contributed by atoms with Gasteiger partial charge in [0.2, 0.25) is 12.1 Å². The van der Waals surface area contributed by atoms with Gasteiger partial charge in [-0.25, -0.2) is 0 Å². The maximum Gasteiger partial charge on any atom is 0.303 e. The average Bonchev–Trinajstić information content (AvgIpc) is 2.80. The zero-order chi connectivity index (χ0) is 27.0. The molecular formula is C26H26O11. The molecule has 2 aliphatic rings. The standard InChI is InChI=1S/C26H26O11/c1-11-23(35-12(2)27)25(36-13(3)28)22(33)26(34-11)37-24-18(14-4-6-16(29)7-5-14)9-15-8-17(30)10-19(31)20(15)21(24)32/h4-8,10-11,22-23,25-26,29-31,33H,9H2,1-3H3. The van der Waals surface area contributed by atoms with E-state index in [1.165, 1.54) is 25.1 Å². The van der Waals surface area contributed by atoms with Crippen molar-refractivity contribution in [2.75, 3.05) is 0 Å². The number of rotatable bonds is 5. The molecule has 4 N–H and O–H groups in total. The van der Waals surface area contributed by atoms with Crippen molar-refractivity contribution in [1.82, 2.24) is 0 Å². The Morgan fingerprint density at radius 3 is 2.19 bits per heavy atom. The van der Waals surface area contributed by atoms with Crippen molar-refractivity contribution in [2.45, 2.75) is 57.9 Å². The van der Waals surface area contributed by atoms with Crippen molar-refractivity contribution in [3.8, 4) is 17.2 Å². The Hall–Kier alpha value is -4.09. The van der Waals surface area contributed by atoms with E-state index in [1.807, 2.05) is 0 Å². The minimum absolute atomic E-state index is 0.00904. The second-order valence-electron chi connectivity index (χ2n) is 8.83. The van der Waals surface area contributed by atoms with Crippen LogP contribution in [0.4, 0.5) is 0 Å². The molecule has 196 valence electrons. The zero-order valence-corrected chi connectivity index (χ0v) is 20.2. The smallest absolute Gasteiger partial charge is 0.303 e. The van der Waals surface area contributed by atoms with E-state index in [0.29, 0.717) is 16.7 Å². The summed E-state index contributed by atoms with van der Waals surface area (Å²) in [5.74, 6) is -3.13. The molecule has 1 saturated heterocycles. The van der Waals surface area contributed by atoms with Gasteiger partial charge in [0.1, 0.15) is 17.2 Å². The first-order valence-electron chi connectivity index (χ1n) is 11.4. The molecule has 2 aromatic rings. The van der Waals surface area contributed by atoms with Crippen LogP contribution in [0.3, 0.4) is 0 Å². The number of aliphatic hydroxyl groups is 1. The van der Waals surface area contributed by atoms with Gasteiger partial charge in [-0.1, -0.05) is 12.1 Å². The molecular weight excluding hydrogens is 488 g/mol. The number of phenols is 3. The Kier molecular flexibility index (Phi) is 7.10. The minimum Gasteiger partial charge on any atom is -0.508 e. The molecule has 11 heteroatoms. The number of carbonyl (C=O) groups is 3. The van der Waals surface area contributed by atoms with Gasteiger partial charge in [0.25, 0.3) is 0 Å². The van der Waals surface area contributed by atoms with Crippen LogP contribution in [0.2, 0.25) is 0 Å². The lowest BCUT2D eigenvalue weighted by molar-refractivity contribution is -0.287. The second kappa shape index (κ2) is 10.1. The van der Waals surface area contributed by atoms with E-state index in [2.05, 4.69) is 0 Å². The van der Waals surface area contributed by atoms with Gasteiger partial charge in [0, 0.05) is 31.9 Å². The largest absolute Gasteiger partial charge is 0.508 e. The molecule has 11 nitrogen and oxygen atoms in total. The fourth-order valence-electron chi connectivity index (χ4n) is 4.49. The summed E-state index contributed by atoms with van der Waals surface area (Å²) in [7, 11) is 0. The normalized spacial score (nSPS) is 25.3. The lowest BCUT2D eigenvalue weighted by atomic mass is 9.85. The van der Waals surface area contributed by atoms with Gasteiger partial charge in [-0.15, -0.1) is 0 Å². The SMILES string of the molecule is CC(=O)OC1C(C)OC(OC2=C(c3ccc(O)cc3)Cc3cc(O)cc(O)c3C2=O)C(O)C1OC(C)=O. The second-order valence-corrected chi connectivity index (χ2v) is 8.83. The monoisotopic (exact) mass is 514 g/mol. The van der Waals surface area contributed by atoms with E-state index in [0.717, 1.165) is 19.9 Å². The number of aromatic hydroxyl groups is 3. The molecule has 0 saturated carbocycles. The molecule has 0 bridgehead atoms. The summed E-state index contributed by atoms with van der Waals surface area (Å²) in [6.07, 6.45) is -6.56. The van der Waals surface area contributed by atoms with Crippen LogP contribution >= 0.6 is 0 Å². The number of phenolic OH excluding ortho intramolecular Hbond substituents is 3. The molecule has 0 radical (unpaired) electrons. The maximum atomic E-state index is 13.6. The van der Waals surface area contributed by atoms with Gasteiger partial charge in [0.15, 0.2) is 24.1 Å². The minimum atomic E-state index is -1.67. The third kappa shape index (κ3) is 5.23. The molecule has 1 aliphatic carbocycles. The number of Topliss-reactive ketones (excluding diaryl/α,β-unsaturated/α-hetero) is 1. The third-order valence-electron chi connectivity index (χ3n) is 6.06. The zero-order valence-electron chi connectivity index (χ0n) is 20.2. The van der Waals surface area contributed by atoms with E-state index in [-0.39, 0.29) is 29.2 Å². The summed E-state index contributed by atoms with van der Waals surface area (Å²) in [5.41, 5.74) is 1.06. The van der Waals surface area contributed by atoms with Crippen molar-refractivity contribution in [3.05, 3.63) is 58.8 Å². The first-order chi connectivity index (χ1) is 17.5. The topological polar surface area (TPSA) is 169 Å².